The molecule has 0 radical (unpaired) electrons. The molecule has 0 N–H and O–H groups in total. The average molecular weight is 216 g/mol. The summed E-state index contributed by atoms with van der Waals surface area (Å²) in [5, 5.41) is 0. The lowest BCUT2D eigenvalue weighted by molar-refractivity contribution is -0.120. The Kier molecular flexibility index (Phi) is 5.75. The second-order valence-electron chi connectivity index (χ2n) is 2.61. The van der Waals surface area contributed by atoms with Crippen LogP contribution in [0.1, 0.15) is 13.8 Å². The Bertz CT molecular complexity index is 217. The molecule has 4 heteroatoms. The predicted octanol–water partition coefficient (Wildman–Crippen LogP) is 2.77. The fourth-order valence-corrected chi connectivity index (χ4v) is 1.81. The monoisotopic (exact) mass is 216 g/mol. The summed E-state index contributed by atoms with van der Waals surface area (Å²) in [5.74, 6) is 0.793. The van der Waals surface area contributed by atoms with E-state index in [9.17, 15) is 0 Å². The van der Waals surface area contributed by atoms with Crippen LogP contribution in [0.5, 0.6) is 0 Å². The maximum Gasteiger partial charge on any atom is 0.166 e. The van der Waals surface area contributed by atoms with Gasteiger partial charge in [0.05, 0.1) is 6.26 Å². The molecule has 1 aromatic rings. The van der Waals surface area contributed by atoms with Gasteiger partial charge in [0, 0.05) is 23.9 Å². The van der Waals surface area contributed by atoms with Crippen LogP contribution in [0, 0.1) is 0 Å². The third-order valence-electron chi connectivity index (χ3n) is 1.59. The van der Waals surface area contributed by atoms with E-state index in [1.807, 2.05) is 19.9 Å². The average Bonchev–Trinajstić information content (AvgIpc) is 2.67. The van der Waals surface area contributed by atoms with Crippen molar-refractivity contribution >= 4 is 11.8 Å². The van der Waals surface area contributed by atoms with Crippen molar-refractivity contribution in [2.24, 2.45) is 0 Å². The first-order valence-electron chi connectivity index (χ1n) is 4.75. The molecule has 80 valence electrons. The summed E-state index contributed by atoms with van der Waals surface area (Å²) in [6.45, 7) is 5.29. The van der Waals surface area contributed by atoms with Crippen molar-refractivity contribution in [3.05, 3.63) is 18.6 Å². The van der Waals surface area contributed by atoms with Gasteiger partial charge >= 0.3 is 0 Å². The molecule has 0 aromatic carbocycles. The Hall–Kier alpha value is -0.450. The van der Waals surface area contributed by atoms with E-state index < -0.39 is 0 Å². The molecule has 0 atom stereocenters. The quantitative estimate of drug-likeness (QED) is 0.518. The van der Waals surface area contributed by atoms with E-state index in [4.69, 9.17) is 13.9 Å². The molecular weight excluding hydrogens is 200 g/mol. The molecule has 3 nitrogen and oxygen atoms in total. The zero-order chi connectivity index (χ0) is 10.2. The highest BCUT2D eigenvalue weighted by atomic mass is 32.2. The van der Waals surface area contributed by atoms with Crippen LogP contribution in [0.25, 0.3) is 0 Å². The number of ether oxygens (including phenoxy) is 2. The first kappa shape index (κ1) is 11.6. The van der Waals surface area contributed by atoms with Crippen LogP contribution in [0.15, 0.2) is 27.9 Å². The van der Waals surface area contributed by atoms with Gasteiger partial charge in [-0.3, -0.25) is 0 Å². The molecule has 0 unspecified atom stereocenters. The van der Waals surface area contributed by atoms with Gasteiger partial charge in [0.1, 0.15) is 6.26 Å². The van der Waals surface area contributed by atoms with Gasteiger partial charge in [0.2, 0.25) is 0 Å². The molecular formula is C10H16O3S. The number of hydrogen-bond donors (Lipinski definition) is 0. The summed E-state index contributed by atoms with van der Waals surface area (Å²) in [6, 6.07) is 1.93. The molecule has 0 fully saturated rings. The first-order chi connectivity index (χ1) is 6.86. The highest BCUT2D eigenvalue weighted by molar-refractivity contribution is 7.99. The minimum absolute atomic E-state index is 0.120. The molecule has 14 heavy (non-hydrogen) atoms. The van der Waals surface area contributed by atoms with Gasteiger partial charge in [-0.2, -0.15) is 0 Å². The second kappa shape index (κ2) is 6.92. The van der Waals surface area contributed by atoms with Crippen LogP contribution >= 0.6 is 11.8 Å². The van der Waals surface area contributed by atoms with E-state index in [2.05, 4.69) is 0 Å². The molecule has 0 aliphatic carbocycles. The predicted molar refractivity (Wildman–Crippen MR) is 56.5 cm³/mol. The fraction of sp³-hybridized carbons (Fsp3) is 0.600. The third kappa shape index (κ3) is 4.17. The zero-order valence-corrected chi connectivity index (χ0v) is 9.38. The van der Waals surface area contributed by atoms with Gasteiger partial charge in [-0.15, -0.1) is 11.8 Å². The van der Waals surface area contributed by atoms with Crippen LogP contribution < -0.4 is 0 Å². The lowest BCUT2D eigenvalue weighted by Gasteiger charge is -2.15. The van der Waals surface area contributed by atoms with E-state index in [0.717, 1.165) is 10.6 Å². The van der Waals surface area contributed by atoms with Crippen molar-refractivity contribution in [2.45, 2.75) is 25.0 Å². The van der Waals surface area contributed by atoms with Crippen molar-refractivity contribution in [3.8, 4) is 0 Å². The number of furan rings is 1. The van der Waals surface area contributed by atoms with Crippen molar-refractivity contribution in [1.82, 2.24) is 0 Å². The number of rotatable bonds is 7. The van der Waals surface area contributed by atoms with Crippen molar-refractivity contribution in [3.63, 3.8) is 0 Å². The minimum atomic E-state index is -0.120. The molecule has 0 spiro atoms. The summed E-state index contributed by atoms with van der Waals surface area (Å²) in [5.41, 5.74) is 0. The molecule has 0 saturated heterocycles. The molecule has 0 amide bonds. The van der Waals surface area contributed by atoms with Gasteiger partial charge in [0.15, 0.2) is 6.29 Å². The normalized spacial score (nSPS) is 11.1. The summed E-state index contributed by atoms with van der Waals surface area (Å²) < 4.78 is 15.8. The molecule has 1 heterocycles. The molecule has 0 aliphatic rings. The van der Waals surface area contributed by atoms with E-state index in [1.165, 1.54) is 0 Å². The second-order valence-corrected chi connectivity index (χ2v) is 3.70. The largest absolute Gasteiger partial charge is 0.471 e. The van der Waals surface area contributed by atoms with E-state index in [1.54, 1.807) is 24.3 Å². The van der Waals surface area contributed by atoms with Crippen molar-refractivity contribution < 1.29 is 13.9 Å². The first-order valence-corrected chi connectivity index (χ1v) is 5.73. The third-order valence-corrected chi connectivity index (χ3v) is 2.59. The van der Waals surface area contributed by atoms with Crippen LogP contribution in [-0.4, -0.2) is 25.3 Å². The summed E-state index contributed by atoms with van der Waals surface area (Å²) >= 11 is 1.67. The fourth-order valence-electron chi connectivity index (χ4n) is 1.01. The summed E-state index contributed by atoms with van der Waals surface area (Å²) in [4.78, 5) is 1.11. The highest BCUT2D eigenvalue weighted by Crippen LogP contribution is 2.20. The summed E-state index contributed by atoms with van der Waals surface area (Å²) in [7, 11) is 0. The van der Waals surface area contributed by atoms with Crippen molar-refractivity contribution in [2.75, 3.05) is 19.0 Å². The zero-order valence-electron chi connectivity index (χ0n) is 8.56. The highest BCUT2D eigenvalue weighted by Gasteiger charge is 2.08. The number of hydrogen-bond acceptors (Lipinski definition) is 4. The Morgan fingerprint density at radius 2 is 2.07 bits per heavy atom. The molecule has 0 saturated carbocycles. The number of thioether (sulfide) groups is 1. The van der Waals surface area contributed by atoms with E-state index in [0.29, 0.717) is 13.2 Å². The minimum Gasteiger partial charge on any atom is -0.471 e. The Morgan fingerprint density at radius 1 is 1.36 bits per heavy atom. The van der Waals surface area contributed by atoms with Gasteiger partial charge < -0.3 is 13.9 Å². The topological polar surface area (TPSA) is 31.6 Å². The SMILES string of the molecule is CCOC(CSc1ccoc1)OCC. The van der Waals surface area contributed by atoms with Crippen LogP contribution in [0.3, 0.4) is 0 Å². The van der Waals surface area contributed by atoms with Crippen molar-refractivity contribution in [1.29, 1.82) is 0 Å². The molecule has 1 aromatic heterocycles. The molecule has 0 bridgehead atoms. The van der Waals surface area contributed by atoms with Crippen LogP contribution in [0.4, 0.5) is 0 Å². The van der Waals surface area contributed by atoms with Crippen LogP contribution in [0.2, 0.25) is 0 Å². The van der Waals surface area contributed by atoms with Gasteiger partial charge in [0.25, 0.3) is 0 Å². The smallest absolute Gasteiger partial charge is 0.166 e. The Morgan fingerprint density at radius 3 is 2.57 bits per heavy atom. The van der Waals surface area contributed by atoms with Gasteiger partial charge in [-0.25, -0.2) is 0 Å². The maximum atomic E-state index is 5.41. The van der Waals surface area contributed by atoms with Gasteiger partial charge in [-0.1, -0.05) is 0 Å². The lowest BCUT2D eigenvalue weighted by Crippen LogP contribution is -2.19. The van der Waals surface area contributed by atoms with Gasteiger partial charge in [-0.05, 0) is 19.9 Å². The Labute approximate surface area is 88.8 Å². The molecule has 1 rings (SSSR count). The van der Waals surface area contributed by atoms with E-state index >= 15 is 0 Å². The molecule has 0 aliphatic heterocycles. The van der Waals surface area contributed by atoms with Crippen LogP contribution in [-0.2, 0) is 9.47 Å². The standard InChI is InChI=1S/C10H16O3S/c1-3-12-10(13-4-2)8-14-9-5-6-11-7-9/h5-7,10H,3-4,8H2,1-2H3. The van der Waals surface area contributed by atoms with E-state index in [-0.39, 0.29) is 6.29 Å². The Balaban J connectivity index is 2.25. The maximum absolute atomic E-state index is 5.41. The summed E-state index contributed by atoms with van der Waals surface area (Å²) in [6.07, 6.45) is 3.27. The lowest BCUT2D eigenvalue weighted by atomic mass is 10.7.